The molecule has 0 radical (unpaired) electrons. The Morgan fingerprint density at radius 2 is 1.87 bits per heavy atom. The maximum Gasteiger partial charge on any atom is 0.242 e. The monoisotopic (exact) mass is 215 g/mol. The molecule has 0 spiro atoms. The van der Waals surface area contributed by atoms with Crippen LogP contribution in [-0.4, -0.2) is 41.9 Å². The number of likely N-dealkylation sites (N-methyl/N-ethyl adjacent to an activating group) is 1. The van der Waals surface area contributed by atoms with Gasteiger partial charge >= 0.3 is 0 Å². The van der Waals surface area contributed by atoms with Crippen LogP contribution in [0, 0.1) is 0 Å². The predicted molar refractivity (Wildman–Crippen MR) is 59.2 cm³/mol. The van der Waals surface area contributed by atoms with Crippen LogP contribution < -0.4 is 11.1 Å². The zero-order valence-corrected chi connectivity index (χ0v) is 10.1. The lowest BCUT2D eigenvalue weighted by Crippen LogP contribution is -2.52. The first-order chi connectivity index (χ1) is 6.64. The van der Waals surface area contributed by atoms with Gasteiger partial charge in [0.25, 0.3) is 0 Å². The van der Waals surface area contributed by atoms with Crippen molar-refractivity contribution in [2.45, 2.75) is 39.3 Å². The molecule has 0 atom stereocenters. The Balaban J connectivity index is 4.20. The lowest BCUT2D eigenvalue weighted by Gasteiger charge is -2.25. The van der Waals surface area contributed by atoms with Gasteiger partial charge in [-0.2, -0.15) is 0 Å². The summed E-state index contributed by atoms with van der Waals surface area (Å²) in [4.78, 5) is 24.3. The lowest BCUT2D eigenvalue weighted by atomic mass is 10.1. The van der Waals surface area contributed by atoms with Crippen molar-refractivity contribution >= 4 is 11.8 Å². The van der Waals surface area contributed by atoms with E-state index >= 15 is 0 Å². The molecular weight excluding hydrogens is 194 g/mol. The van der Waals surface area contributed by atoms with Crippen molar-refractivity contribution < 1.29 is 9.59 Å². The van der Waals surface area contributed by atoms with Gasteiger partial charge in [-0.15, -0.1) is 0 Å². The first kappa shape index (κ1) is 13.9. The number of nitrogens with one attached hydrogen (secondary N) is 1. The summed E-state index contributed by atoms with van der Waals surface area (Å²) in [6.45, 7) is 7.01. The van der Waals surface area contributed by atoms with Gasteiger partial charge in [0, 0.05) is 13.1 Å². The summed E-state index contributed by atoms with van der Waals surface area (Å²) in [5.74, 6) is -0.425. The zero-order chi connectivity index (χ0) is 12.2. The molecule has 3 N–H and O–H groups in total. The summed E-state index contributed by atoms with van der Waals surface area (Å²) in [5.41, 5.74) is 4.70. The molecule has 0 rings (SSSR count). The molecule has 0 aliphatic heterocycles. The Labute approximate surface area is 91.0 Å². The molecule has 88 valence electrons. The number of hydrogen-bond acceptors (Lipinski definition) is 3. The van der Waals surface area contributed by atoms with Gasteiger partial charge in [-0.1, -0.05) is 0 Å². The second-order valence-corrected chi connectivity index (χ2v) is 4.61. The number of hydrogen-bond donors (Lipinski definition) is 2. The molecule has 0 fully saturated rings. The van der Waals surface area contributed by atoms with E-state index in [4.69, 9.17) is 5.73 Å². The molecule has 0 saturated carbocycles. The number of amides is 2. The third-order valence-corrected chi connectivity index (χ3v) is 1.73. The Morgan fingerprint density at radius 1 is 1.40 bits per heavy atom. The minimum Gasteiger partial charge on any atom is -0.352 e. The highest BCUT2D eigenvalue weighted by Gasteiger charge is 2.26. The third kappa shape index (κ3) is 5.37. The lowest BCUT2D eigenvalue weighted by molar-refractivity contribution is -0.138. The summed E-state index contributed by atoms with van der Waals surface area (Å²) in [6, 6.07) is 0.0758. The van der Waals surface area contributed by atoms with E-state index in [0.717, 1.165) is 0 Å². The molecule has 2 amide bonds. The summed E-state index contributed by atoms with van der Waals surface area (Å²) in [5, 5.41) is 2.71. The Morgan fingerprint density at radius 3 is 2.20 bits per heavy atom. The highest BCUT2D eigenvalue weighted by molar-refractivity contribution is 5.89. The number of rotatable bonds is 4. The quantitative estimate of drug-likeness (QED) is 0.676. The van der Waals surface area contributed by atoms with E-state index in [-0.39, 0.29) is 24.4 Å². The molecule has 0 aliphatic rings. The summed E-state index contributed by atoms with van der Waals surface area (Å²) >= 11 is 0. The van der Waals surface area contributed by atoms with E-state index in [9.17, 15) is 9.59 Å². The molecule has 15 heavy (non-hydrogen) atoms. The van der Waals surface area contributed by atoms with E-state index in [2.05, 4.69) is 5.32 Å². The SMILES string of the molecule is CC(C)NC(=O)CN(C)C(=O)C(C)(C)N. The van der Waals surface area contributed by atoms with Crippen LogP contribution in [0.3, 0.4) is 0 Å². The van der Waals surface area contributed by atoms with Crippen LogP contribution in [0.15, 0.2) is 0 Å². The fourth-order valence-corrected chi connectivity index (χ4v) is 1.15. The average Bonchev–Trinajstić information content (AvgIpc) is 1.99. The maximum absolute atomic E-state index is 11.6. The fraction of sp³-hybridized carbons (Fsp3) is 0.800. The second kappa shape index (κ2) is 5.11. The fourth-order valence-electron chi connectivity index (χ4n) is 1.15. The molecule has 0 aromatic carbocycles. The third-order valence-electron chi connectivity index (χ3n) is 1.73. The van der Waals surface area contributed by atoms with E-state index in [0.29, 0.717) is 0 Å². The molecule has 0 bridgehead atoms. The maximum atomic E-state index is 11.6. The summed E-state index contributed by atoms with van der Waals surface area (Å²) in [6.07, 6.45) is 0. The van der Waals surface area contributed by atoms with Crippen LogP contribution in [0.4, 0.5) is 0 Å². The van der Waals surface area contributed by atoms with E-state index in [1.807, 2.05) is 13.8 Å². The number of carbonyl (C=O) groups excluding carboxylic acids is 2. The molecule has 0 aromatic heterocycles. The summed E-state index contributed by atoms with van der Waals surface area (Å²) < 4.78 is 0. The number of nitrogens with two attached hydrogens (primary N) is 1. The zero-order valence-electron chi connectivity index (χ0n) is 10.1. The van der Waals surface area contributed by atoms with Crippen molar-refractivity contribution in [2.24, 2.45) is 5.73 Å². The van der Waals surface area contributed by atoms with Crippen molar-refractivity contribution in [2.75, 3.05) is 13.6 Å². The predicted octanol–water partition coefficient (Wildman–Crippen LogP) is -0.293. The minimum atomic E-state index is -0.938. The molecule has 0 aliphatic carbocycles. The van der Waals surface area contributed by atoms with Crippen LogP contribution in [0.1, 0.15) is 27.7 Å². The highest BCUT2D eigenvalue weighted by Crippen LogP contribution is 2.01. The van der Waals surface area contributed by atoms with Crippen molar-refractivity contribution in [3.05, 3.63) is 0 Å². The van der Waals surface area contributed by atoms with Crippen molar-refractivity contribution in [3.63, 3.8) is 0 Å². The van der Waals surface area contributed by atoms with Crippen LogP contribution >= 0.6 is 0 Å². The van der Waals surface area contributed by atoms with Crippen molar-refractivity contribution in [1.29, 1.82) is 0 Å². The van der Waals surface area contributed by atoms with E-state index < -0.39 is 5.54 Å². The molecule has 0 heterocycles. The van der Waals surface area contributed by atoms with Gasteiger partial charge in [0.2, 0.25) is 11.8 Å². The van der Waals surface area contributed by atoms with Crippen LogP contribution in [0.5, 0.6) is 0 Å². The Bertz CT molecular complexity index is 244. The van der Waals surface area contributed by atoms with Gasteiger partial charge in [0.15, 0.2) is 0 Å². The highest BCUT2D eigenvalue weighted by atomic mass is 16.2. The summed E-state index contributed by atoms with van der Waals surface area (Å²) in [7, 11) is 1.57. The average molecular weight is 215 g/mol. The number of nitrogens with zero attached hydrogens (tertiary/aromatic N) is 1. The van der Waals surface area contributed by atoms with E-state index in [1.165, 1.54) is 4.90 Å². The smallest absolute Gasteiger partial charge is 0.242 e. The van der Waals surface area contributed by atoms with Crippen molar-refractivity contribution in [1.82, 2.24) is 10.2 Å². The largest absolute Gasteiger partial charge is 0.352 e. The minimum absolute atomic E-state index is 0.0393. The van der Waals surface area contributed by atoms with Gasteiger partial charge < -0.3 is 16.0 Å². The molecule has 0 saturated heterocycles. The molecule has 5 heteroatoms. The van der Waals surface area contributed by atoms with Crippen LogP contribution in [0.2, 0.25) is 0 Å². The van der Waals surface area contributed by atoms with Crippen molar-refractivity contribution in [3.8, 4) is 0 Å². The molecule has 0 unspecified atom stereocenters. The van der Waals surface area contributed by atoms with Gasteiger partial charge in [-0.3, -0.25) is 9.59 Å². The van der Waals surface area contributed by atoms with E-state index in [1.54, 1.807) is 20.9 Å². The second-order valence-electron chi connectivity index (χ2n) is 4.61. The van der Waals surface area contributed by atoms with Crippen LogP contribution in [-0.2, 0) is 9.59 Å². The first-order valence-electron chi connectivity index (χ1n) is 4.98. The standard InChI is InChI=1S/C10H21N3O2/c1-7(2)12-8(14)6-13(5)9(15)10(3,4)11/h7H,6,11H2,1-5H3,(H,12,14). The Hall–Kier alpha value is -1.10. The topological polar surface area (TPSA) is 75.4 Å². The van der Waals surface area contributed by atoms with Gasteiger partial charge in [0.05, 0.1) is 12.1 Å². The number of carbonyl (C=O) groups is 2. The first-order valence-corrected chi connectivity index (χ1v) is 4.98. The molecular formula is C10H21N3O2. The normalized spacial score (nSPS) is 11.4. The van der Waals surface area contributed by atoms with Gasteiger partial charge in [-0.05, 0) is 27.7 Å². The van der Waals surface area contributed by atoms with Gasteiger partial charge in [0.1, 0.15) is 0 Å². The molecule has 5 nitrogen and oxygen atoms in total. The van der Waals surface area contributed by atoms with Gasteiger partial charge in [-0.25, -0.2) is 0 Å². The Kier molecular flexibility index (Phi) is 4.74. The molecule has 0 aromatic rings. The van der Waals surface area contributed by atoms with Crippen LogP contribution in [0.25, 0.3) is 0 Å².